The molecule has 0 aliphatic rings. The first-order valence-corrected chi connectivity index (χ1v) is 8.31. The Morgan fingerprint density at radius 3 is 2.60 bits per heavy atom. The van der Waals surface area contributed by atoms with Crippen LogP contribution in [-0.2, 0) is 16.4 Å². The van der Waals surface area contributed by atoms with Gasteiger partial charge in [0.1, 0.15) is 5.75 Å². The van der Waals surface area contributed by atoms with E-state index in [0.717, 1.165) is 11.3 Å². The van der Waals surface area contributed by atoms with E-state index in [9.17, 15) is 8.42 Å². The van der Waals surface area contributed by atoms with E-state index in [2.05, 4.69) is 0 Å². The average molecular weight is 300 g/mol. The van der Waals surface area contributed by atoms with E-state index in [1.807, 2.05) is 31.2 Å². The first kappa shape index (κ1) is 16.9. The molecule has 0 spiro atoms. The van der Waals surface area contributed by atoms with Gasteiger partial charge in [-0.25, -0.2) is 12.7 Å². The van der Waals surface area contributed by atoms with Gasteiger partial charge in [-0.05, 0) is 37.9 Å². The second kappa shape index (κ2) is 7.61. The number of likely N-dealkylation sites (N-methyl/N-ethyl adjacent to an activating group) is 1. The topological polar surface area (TPSA) is 72.6 Å². The van der Waals surface area contributed by atoms with Crippen molar-refractivity contribution in [3.63, 3.8) is 0 Å². The predicted molar refractivity (Wildman–Crippen MR) is 81.4 cm³/mol. The molecule has 114 valence electrons. The van der Waals surface area contributed by atoms with Gasteiger partial charge in [0.2, 0.25) is 10.0 Å². The highest BCUT2D eigenvalue weighted by Gasteiger charge is 2.23. The molecular weight excluding hydrogens is 276 g/mol. The van der Waals surface area contributed by atoms with Crippen molar-refractivity contribution in [1.29, 1.82) is 0 Å². The van der Waals surface area contributed by atoms with Crippen LogP contribution in [0, 0.1) is 0 Å². The van der Waals surface area contributed by atoms with Crippen LogP contribution in [0.15, 0.2) is 24.3 Å². The number of nitrogens with two attached hydrogens (primary N) is 1. The molecule has 0 heterocycles. The Morgan fingerprint density at radius 1 is 1.35 bits per heavy atom. The van der Waals surface area contributed by atoms with Gasteiger partial charge in [0, 0.05) is 13.1 Å². The lowest BCUT2D eigenvalue weighted by molar-refractivity contribution is 0.373. The zero-order valence-electron chi connectivity index (χ0n) is 12.4. The van der Waals surface area contributed by atoms with Crippen molar-refractivity contribution in [2.24, 2.45) is 5.73 Å². The van der Waals surface area contributed by atoms with Crippen LogP contribution >= 0.6 is 0 Å². The lowest BCUT2D eigenvalue weighted by Crippen LogP contribution is -2.38. The van der Waals surface area contributed by atoms with Crippen LogP contribution in [0.5, 0.6) is 5.75 Å². The van der Waals surface area contributed by atoms with E-state index in [-0.39, 0.29) is 11.8 Å². The standard InChI is InChI=1S/C14H24N2O3S/c1-12(16(2)20(17,18)10-6-9-15)11-13-7-4-5-8-14(13)19-3/h4-5,7-8,12H,6,9-11,15H2,1-3H3. The van der Waals surface area contributed by atoms with Gasteiger partial charge in [0.25, 0.3) is 0 Å². The molecule has 1 rings (SSSR count). The van der Waals surface area contributed by atoms with Gasteiger partial charge < -0.3 is 10.5 Å². The minimum atomic E-state index is -3.25. The molecule has 1 unspecified atom stereocenters. The molecular formula is C14H24N2O3S. The summed E-state index contributed by atoms with van der Waals surface area (Å²) >= 11 is 0. The molecule has 0 saturated heterocycles. The molecule has 0 saturated carbocycles. The molecule has 1 aromatic rings. The first-order chi connectivity index (χ1) is 9.42. The first-order valence-electron chi connectivity index (χ1n) is 6.70. The Labute approximate surface area is 121 Å². The highest BCUT2D eigenvalue weighted by Crippen LogP contribution is 2.21. The van der Waals surface area contributed by atoms with Crippen LogP contribution in [0.2, 0.25) is 0 Å². The summed E-state index contributed by atoms with van der Waals surface area (Å²) < 4.78 is 30.9. The zero-order chi connectivity index (χ0) is 15.2. The molecule has 2 N–H and O–H groups in total. The Morgan fingerprint density at radius 2 is 2.00 bits per heavy atom. The van der Waals surface area contributed by atoms with E-state index in [1.54, 1.807) is 14.2 Å². The number of hydrogen-bond acceptors (Lipinski definition) is 4. The number of methoxy groups -OCH3 is 1. The molecule has 20 heavy (non-hydrogen) atoms. The molecule has 0 bridgehead atoms. The molecule has 0 radical (unpaired) electrons. The fourth-order valence-electron chi connectivity index (χ4n) is 2.00. The molecule has 6 heteroatoms. The van der Waals surface area contributed by atoms with Crippen molar-refractivity contribution in [3.05, 3.63) is 29.8 Å². The Hall–Kier alpha value is -1.11. The Bertz CT molecular complexity index is 517. The SMILES string of the molecule is COc1ccccc1CC(C)N(C)S(=O)(=O)CCCN. The van der Waals surface area contributed by atoms with Crippen molar-refractivity contribution in [2.75, 3.05) is 26.5 Å². The second-order valence-electron chi connectivity index (χ2n) is 4.84. The van der Waals surface area contributed by atoms with Crippen molar-refractivity contribution in [1.82, 2.24) is 4.31 Å². The molecule has 0 aliphatic heterocycles. The highest BCUT2D eigenvalue weighted by molar-refractivity contribution is 7.89. The van der Waals surface area contributed by atoms with E-state index < -0.39 is 10.0 Å². The molecule has 1 aromatic carbocycles. The molecule has 1 atom stereocenters. The lowest BCUT2D eigenvalue weighted by Gasteiger charge is -2.25. The smallest absolute Gasteiger partial charge is 0.214 e. The highest BCUT2D eigenvalue weighted by atomic mass is 32.2. The van der Waals surface area contributed by atoms with Crippen molar-refractivity contribution in [2.45, 2.75) is 25.8 Å². The summed E-state index contributed by atoms with van der Waals surface area (Å²) in [6.45, 7) is 2.28. The summed E-state index contributed by atoms with van der Waals surface area (Å²) in [5.74, 6) is 0.878. The summed E-state index contributed by atoms with van der Waals surface area (Å²) in [6.07, 6.45) is 1.09. The van der Waals surface area contributed by atoms with Crippen LogP contribution in [0.25, 0.3) is 0 Å². The Kier molecular flexibility index (Phi) is 6.45. The van der Waals surface area contributed by atoms with Crippen LogP contribution < -0.4 is 10.5 Å². The molecule has 0 fully saturated rings. The third kappa shape index (κ3) is 4.47. The van der Waals surface area contributed by atoms with E-state index in [0.29, 0.717) is 19.4 Å². The zero-order valence-corrected chi connectivity index (χ0v) is 13.2. The van der Waals surface area contributed by atoms with E-state index >= 15 is 0 Å². The summed E-state index contributed by atoms with van der Waals surface area (Å²) in [4.78, 5) is 0. The Balaban J connectivity index is 2.77. The maximum atomic E-state index is 12.1. The van der Waals surface area contributed by atoms with E-state index in [4.69, 9.17) is 10.5 Å². The second-order valence-corrected chi connectivity index (χ2v) is 6.99. The summed E-state index contributed by atoms with van der Waals surface area (Å²) in [7, 11) is -0.0156. The van der Waals surface area contributed by atoms with Gasteiger partial charge in [0.15, 0.2) is 0 Å². The molecule has 5 nitrogen and oxygen atoms in total. The number of hydrogen-bond donors (Lipinski definition) is 1. The number of benzene rings is 1. The number of para-hydroxylation sites is 1. The minimum absolute atomic E-state index is 0.0935. The number of nitrogens with zero attached hydrogens (tertiary/aromatic N) is 1. The van der Waals surface area contributed by atoms with Crippen molar-refractivity contribution in [3.8, 4) is 5.75 Å². The van der Waals surface area contributed by atoms with Gasteiger partial charge in [-0.2, -0.15) is 0 Å². The summed E-state index contributed by atoms with van der Waals surface area (Å²) in [5, 5.41) is 0. The molecule has 0 aliphatic carbocycles. The maximum absolute atomic E-state index is 12.1. The van der Waals surface area contributed by atoms with Crippen LogP contribution in [0.1, 0.15) is 18.9 Å². The fraction of sp³-hybridized carbons (Fsp3) is 0.571. The van der Waals surface area contributed by atoms with Crippen LogP contribution in [0.3, 0.4) is 0 Å². The van der Waals surface area contributed by atoms with Crippen molar-refractivity contribution < 1.29 is 13.2 Å². The van der Waals surface area contributed by atoms with Crippen molar-refractivity contribution >= 4 is 10.0 Å². The third-order valence-corrected chi connectivity index (χ3v) is 5.42. The minimum Gasteiger partial charge on any atom is -0.496 e. The van der Waals surface area contributed by atoms with Gasteiger partial charge in [-0.15, -0.1) is 0 Å². The largest absolute Gasteiger partial charge is 0.496 e. The summed E-state index contributed by atoms with van der Waals surface area (Å²) in [5.41, 5.74) is 6.38. The number of rotatable bonds is 8. The van der Waals surface area contributed by atoms with Crippen LogP contribution in [-0.4, -0.2) is 45.2 Å². The summed E-state index contributed by atoms with van der Waals surface area (Å²) in [6, 6.07) is 7.53. The maximum Gasteiger partial charge on any atom is 0.214 e. The number of sulfonamides is 1. The van der Waals surface area contributed by atoms with Gasteiger partial charge in [-0.3, -0.25) is 0 Å². The normalized spacial score (nSPS) is 13.4. The van der Waals surface area contributed by atoms with Crippen LogP contribution in [0.4, 0.5) is 0 Å². The van der Waals surface area contributed by atoms with E-state index in [1.165, 1.54) is 4.31 Å². The number of ether oxygens (including phenoxy) is 1. The fourth-order valence-corrected chi connectivity index (χ4v) is 3.44. The quantitative estimate of drug-likeness (QED) is 0.784. The van der Waals surface area contributed by atoms with Gasteiger partial charge in [0.05, 0.1) is 12.9 Å². The third-order valence-electron chi connectivity index (χ3n) is 3.37. The lowest BCUT2D eigenvalue weighted by atomic mass is 10.1. The monoisotopic (exact) mass is 300 g/mol. The van der Waals surface area contributed by atoms with Gasteiger partial charge in [-0.1, -0.05) is 18.2 Å². The average Bonchev–Trinajstić information content (AvgIpc) is 2.44. The molecule has 0 amide bonds. The molecule has 0 aromatic heterocycles. The predicted octanol–water partition coefficient (Wildman–Crippen LogP) is 1.24. The van der Waals surface area contributed by atoms with Gasteiger partial charge >= 0.3 is 0 Å².